The van der Waals surface area contributed by atoms with E-state index >= 15 is 0 Å². The quantitative estimate of drug-likeness (QED) is 0.376. The van der Waals surface area contributed by atoms with Crippen LogP contribution in [0.25, 0.3) is 0 Å². The Morgan fingerprint density at radius 3 is 2.48 bits per heavy atom. The van der Waals surface area contributed by atoms with E-state index in [9.17, 15) is 8.78 Å². The molecule has 8 heteroatoms. The molecule has 0 spiro atoms. The van der Waals surface area contributed by atoms with Crippen LogP contribution < -0.4 is 10.6 Å². The molecule has 0 bridgehead atoms. The number of halogens is 3. The van der Waals surface area contributed by atoms with Crippen molar-refractivity contribution in [2.45, 2.75) is 37.8 Å². The summed E-state index contributed by atoms with van der Waals surface area (Å²) in [5, 5.41) is 6.63. The molecule has 0 amide bonds. The highest BCUT2D eigenvalue weighted by molar-refractivity contribution is 14.0. The molecule has 152 valence electrons. The lowest BCUT2D eigenvalue weighted by atomic mass is 10.0. The van der Waals surface area contributed by atoms with Crippen molar-refractivity contribution in [3.8, 4) is 0 Å². The topological polar surface area (TPSA) is 48.9 Å². The molecule has 1 aliphatic carbocycles. The van der Waals surface area contributed by atoms with Gasteiger partial charge in [-0.05, 0) is 32.4 Å². The van der Waals surface area contributed by atoms with Gasteiger partial charge in [0.2, 0.25) is 0 Å². The first-order chi connectivity index (χ1) is 12.4. The van der Waals surface area contributed by atoms with Crippen molar-refractivity contribution in [2.24, 2.45) is 4.99 Å². The summed E-state index contributed by atoms with van der Waals surface area (Å²) < 4.78 is 33.2. The minimum absolute atomic E-state index is 0. The molecule has 27 heavy (non-hydrogen) atoms. The highest BCUT2D eigenvalue weighted by atomic mass is 127. The predicted molar refractivity (Wildman–Crippen MR) is 114 cm³/mol. The first-order valence-corrected chi connectivity index (χ1v) is 9.16. The molecule has 3 rings (SSSR count). The first kappa shape index (κ1) is 22.3. The van der Waals surface area contributed by atoms with E-state index in [4.69, 9.17) is 4.74 Å². The van der Waals surface area contributed by atoms with E-state index < -0.39 is 11.6 Å². The largest absolute Gasteiger partial charge is 0.379 e. The van der Waals surface area contributed by atoms with Crippen LogP contribution in [0.1, 0.15) is 31.7 Å². The van der Waals surface area contributed by atoms with Gasteiger partial charge in [-0.3, -0.25) is 9.89 Å². The standard InChI is InChI=1S/C19H28F2N4O.HI/c1-19(2,25-7-9-26-10-8-25)12-23-18(22-3)24-16-11-13(16)17-14(20)5-4-6-15(17)21;/h4-6,13,16H,7-12H2,1-3H3,(H2,22,23,24);1H. The number of rotatable bonds is 5. The van der Waals surface area contributed by atoms with Crippen LogP contribution in [0.15, 0.2) is 23.2 Å². The first-order valence-electron chi connectivity index (χ1n) is 9.16. The molecule has 1 heterocycles. The van der Waals surface area contributed by atoms with E-state index in [1.807, 2.05) is 0 Å². The normalized spacial score (nSPS) is 23.5. The van der Waals surface area contributed by atoms with Gasteiger partial charge in [-0.2, -0.15) is 0 Å². The van der Waals surface area contributed by atoms with E-state index in [1.54, 1.807) is 7.05 Å². The third-order valence-electron chi connectivity index (χ3n) is 5.26. The highest BCUT2D eigenvalue weighted by Crippen LogP contribution is 2.43. The zero-order valence-corrected chi connectivity index (χ0v) is 18.4. The van der Waals surface area contributed by atoms with Crippen LogP contribution >= 0.6 is 24.0 Å². The molecule has 0 aromatic heterocycles. The van der Waals surface area contributed by atoms with Crippen molar-refractivity contribution >= 4 is 29.9 Å². The lowest BCUT2D eigenvalue weighted by molar-refractivity contribution is -0.00834. The number of nitrogens with zero attached hydrogens (tertiary/aromatic N) is 2. The van der Waals surface area contributed by atoms with Gasteiger partial charge >= 0.3 is 0 Å². The number of hydrogen-bond donors (Lipinski definition) is 2. The Hall–Kier alpha value is -1.000. The van der Waals surface area contributed by atoms with Crippen LogP contribution in [0.2, 0.25) is 0 Å². The van der Waals surface area contributed by atoms with Gasteiger partial charge in [0.15, 0.2) is 5.96 Å². The van der Waals surface area contributed by atoms with Crippen molar-refractivity contribution in [3.05, 3.63) is 35.4 Å². The molecule has 2 N–H and O–H groups in total. The van der Waals surface area contributed by atoms with E-state index in [1.165, 1.54) is 18.2 Å². The van der Waals surface area contributed by atoms with Crippen LogP contribution in [0, 0.1) is 11.6 Å². The third kappa shape index (κ3) is 5.51. The molecular formula is C19H29F2IN4O. The number of morpholine rings is 1. The average Bonchev–Trinajstić information content (AvgIpc) is 3.38. The summed E-state index contributed by atoms with van der Waals surface area (Å²) >= 11 is 0. The number of benzene rings is 1. The molecular weight excluding hydrogens is 465 g/mol. The second-order valence-corrected chi connectivity index (χ2v) is 7.57. The van der Waals surface area contributed by atoms with Crippen molar-refractivity contribution in [3.63, 3.8) is 0 Å². The number of aliphatic imine (C=N–C) groups is 1. The van der Waals surface area contributed by atoms with Crippen LogP contribution in [-0.4, -0.2) is 62.3 Å². The lowest BCUT2D eigenvalue weighted by Crippen LogP contribution is -2.56. The van der Waals surface area contributed by atoms with Gasteiger partial charge in [-0.25, -0.2) is 8.78 Å². The lowest BCUT2D eigenvalue weighted by Gasteiger charge is -2.41. The van der Waals surface area contributed by atoms with Crippen molar-refractivity contribution in [1.29, 1.82) is 0 Å². The maximum atomic E-state index is 13.9. The Bertz CT molecular complexity index is 645. The molecule has 1 aliphatic heterocycles. The SMILES string of the molecule is CN=C(NCC(C)(C)N1CCOCC1)NC1CC1c1c(F)cccc1F.I. The van der Waals surface area contributed by atoms with E-state index in [0.29, 0.717) is 12.4 Å². The molecule has 1 saturated carbocycles. The van der Waals surface area contributed by atoms with Gasteiger partial charge < -0.3 is 15.4 Å². The Labute approximate surface area is 177 Å². The molecule has 2 aliphatic rings. The highest BCUT2D eigenvalue weighted by Gasteiger charge is 2.42. The van der Waals surface area contributed by atoms with E-state index in [0.717, 1.165) is 32.8 Å². The third-order valence-corrected chi connectivity index (χ3v) is 5.26. The van der Waals surface area contributed by atoms with Gasteiger partial charge in [0, 0.05) is 49.7 Å². The van der Waals surface area contributed by atoms with Crippen LogP contribution in [0.3, 0.4) is 0 Å². The van der Waals surface area contributed by atoms with E-state index in [2.05, 4.69) is 34.4 Å². The molecule has 1 saturated heterocycles. The Balaban J connectivity index is 0.00000261. The van der Waals surface area contributed by atoms with Crippen molar-refractivity contribution < 1.29 is 13.5 Å². The molecule has 2 unspecified atom stereocenters. The van der Waals surface area contributed by atoms with Gasteiger partial charge in [-0.15, -0.1) is 24.0 Å². The molecule has 0 radical (unpaired) electrons. The summed E-state index contributed by atoms with van der Waals surface area (Å²) in [6, 6.07) is 4.02. The summed E-state index contributed by atoms with van der Waals surface area (Å²) in [5.41, 5.74) is 0.135. The Kier molecular flexibility index (Phi) is 7.82. The van der Waals surface area contributed by atoms with E-state index in [-0.39, 0.29) is 47.0 Å². The Morgan fingerprint density at radius 1 is 1.26 bits per heavy atom. The zero-order chi connectivity index (χ0) is 18.7. The minimum Gasteiger partial charge on any atom is -0.379 e. The van der Waals surface area contributed by atoms with Crippen LogP contribution in [0.4, 0.5) is 8.78 Å². The van der Waals surface area contributed by atoms with Gasteiger partial charge in [0.25, 0.3) is 0 Å². The second-order valence-electron chi connectivity index (χ2n) is 7.57. The minimum atomic E-state index is -0.476. The average molecular weight is 494 g/mol. The fourth-order valence-corrected chi connectivity index (χ4v) is 3.49. The summed E-state index contributed by atoms with van der Waals surface area (Å²) in [6.45, 7) is 8.44. The fraction of sp³-hybridized carbons (Fsp3) is 0.632. The molecule has 2 fully saturated rings. The molecule has 5 nitrogen and oxygen atoms in total. The predicted octanol–water partition coefficient (Wildman–Crippen LogP) is 2.71. The van der Waals surface area contributed by atoms with Crippen molar-refractivity contribution in [1.82, 2.24) is 15.5 Å². The summed E-state index contributed by atoms with van der Waals surface area (Å²) in [7, 11) is 1.71. The monoisotopic (exact) mass is 494 g/mol. The second kappa shape index (κ2) is 9.47. The summed E-state index contributed by atoms with van der Waals surface area (Å²) in [6.07, 6.45) is 0.700. The zero-order valence-electron chi connectivity index (χ0n) is 16.1. The maximum Gasteiger partial charge on any atom is 0.191 e. The smallest absolute Gasteiger partial charge is 0.191 e. The number of nitrogens with one attached hydrogen (secondary N) is 2. The van der Waals surface area contributed by atoms with Crippen LogP contribution in [-0.2, 0) is 4.74 Å². The van der Waals surface area contributed by atoms with Gasteiger partial charge in [-0.1, -0.05) is 6.07 Å². The van der Waals surface area contributed by atoms with Crippen molar-refractivity contribution in [2.75, 3.05) is 39.9 Å². The molecule has 1 aromatic rings. The van der Waals surface area contributed by atoms with Gasteiger partial charge in [0.1, 0.15) is 11.6 Å². The molecule has 2 atom stereocenters. The Morgan fingerprint density at radius 2 is 1.89 bits per heavy atom. The van der Waals surface area contributed by atoms with Gasteiger partial charge in [0.05, 0.1) is 13.2 Å². The number of ether oxygens (including phenoxy) is 1. The summed E-state index contributed by atoms with van der Waals surface area (Å²) in [4.78, 5) is 6.65. The van der Waals surface area contributed by atoms with Crippen LogP contribution in [0.5, 0.6) is 0 Å². The number of hydrogen-bond acceptors (Lipinski definition) is 3. The maximum absolute atomic E-state index is 13.9. The number of guanidine groups is 1. The summed E-state index contributed by atoms with van der Waals surface area (Å²) in [5.74, 6) is -0.441. The molecule has 1 aromatic carbocycles. The fourth-order valence-electron chi connectivity index (χ4n) is 3.49.